The van der Waals surface area contributed by atoms with Gasteiger partial charge in [0.2, 0.25) is 5.91 Å². The van der Waals surface area contributed by atoms with Gasteiger partial charge in [0, 0.05) is 25.7 Å². The summed E-state index contributed by atoms with van der Waals surface area (Å²) in [7, 11) is 4.11. The summed E-state index contributed by atoms with van der Waals surface area (Å²) < 4.78 is 0. The lowest BCUT2D eigenvalue weighted by Crippen LogP contribution is -2.51. The van der Waals surface area contributed by atoms with E-state index in [0.29, 0.717) is 5.91 Å². The Labute approximate surface area is 112 Å². The van der Waals surface area contributed by atoms with E-state index >= 15 is 0 Å². The molecule has 1 amide bonds. The first-order valence-electron chi connectivity index (χ1n) is 7.13. The molecule has 1 aliphatic rings. The summed E-state index contributed by atoms with van der Waals surface area (Å²) in [6, 6.07) is 0.279. The molecule has 0 aromatic rings. The Morgan fingerprint density at radius 1 is 1.39 bits per heavy atom. The van der Waals surface area contributed by atoms with Crippen LogP contribution in [0, 0.1) is 5.41 Å². The number of nitrogens with one attached hydrogen (secondary N) is 1. The van der Waals surface area contributed by atoms with Crippen molar-refractivity contribution < 1.29 is 4.79 Å². The lowest BCUT2D eigenvalue weighted by atomic mass is 9.82. The topological polar surface area (TPSA) is 35.6 Å². The number of hydrogen-bond donors (Lipinski definition) is 1. The van der Waals surface area contributed by atoms with Crippen LogP contribution >= 0.6 is 0 Å². The van der Waals surface area contributed by atoms with Crippen LogP contribution in [0.1, 0.15) is 33.6 Å². The van der Waals surface area contributed by atoms with Gasteiger partial charge in [0.05, 0.1) is 5.41 Å². The van der Waals surface area contributed by atoms with Gasteiger partial charge < -0.3 is 15.1 Å². The molecule has 4 nitrogen and oxygen atoms in total. The van der Waals surface area contributed by atoms with Crippen molar-refractivity contribution in [3.8, 4) is 0 Å². The Balaban J connectivity index is 2.77. The molecule has 0 bridgehead atoms. The van der Waals surface area contributed by atoms with E-state index in [0.717, 1.165) is 39.0 Å². The highest BCUT2D eigenvalue weighted by Crippen LogP contribution is 2.32. The second-order valence-corrected chi connectivity index (χ2v) is 5.76. The highest BCUT2D eigenvalue weighted by Gasteiger charge is 2.42. The van der Waals surface area contributed by atoms with E-state index in [-0.39, 0.29) is 11.5 Å². The molecule has 0 saturated carbocycles. The van der Waals surface area contributed by atoms with Crippen molar-refractivity contribution in [2.75, 3.05) is 40.3 Å². The van der Waals surface area contributed by atoms with Crippen molar-refractivity contribution in [1.29, 1.82) is 0 Å². The van der Waals surface area contributed by atoms with Gasteiger partial charge in [-0.3, -0.25) is 4.79 Å². The monoisotopic (exact) mass is 255 g/mol. The molecule has 106 valence electrons. The lowest BCUT2D eigenvalue weighted by molar-refractivity contribution is -0.143. The molecule has 1 rings (SSSR count). The molecular weight excluding hydrogens is 226 g/mol. The number of rotatable bonds is 6. The number of carbonyl (C=O) groups is 1. The maximum Gasteiger partial charge on any atom is 0.230 e. The van der Waals surface area contributed by atoms with Gasteiger partial charge in [-0.1, -0.05) is 6.92 Å². The Morgan fingerprint density at radius 3 is 2.44 bits per heavy atom. The van der Waals surface area contributed by atoms with Crippen molar-refractivity contribution >= 4 is 5.91 Å². The molecule has 0 aromatic carbocycles. The average Bonchev–Trinajstić information content (AvgIpc) is 2.78. The summed E-state index contributed by atoms with van der Waals surface area (Å²) in [5.41, 5.74) is -0.156. The average molecular weight is 255 g/mol. The van der Waals surface area contributed by atoms with Crippen molar-refractivity contribution in [1.82, 2.24) is 15.1 Å². The number of carbonyl (C=O) groups excluding carboxylic acids is 1. The van der Waals surface area contributed by atoms with Gasteiger partial charge in [0.15, 0.2) is 0 Å². The zero-order chi connectivity index (χ0) is 13.8. The zero-order valence-electron chi connectivity index (χ0n) is 12.6. The molecule has 4 heteroatoms. The maximum absolute atomic E-state index is 12.8. The van der Waals surface area contributed by atoms with Crippen molar-refractivity contribution in [2.45, 2.75) is 39.7 Å². The lowest BCUT2D eigenvalue weighted by Gasteiger charge is -2.37. The summed E-state index contributed by atoms with van der Waals surface area (Å²) in [6.07, 6.45) is 1.91. The minimum Gasteiger partial charge on any atom is -0.338 e. The third kappa shape index (κ3) is 3.23. The summed E-state index contributed by atoms with van der Waals surface area (Å²) in [5, 5.41) is 3.35. The first kappa shape index (κ1) is 15.4. The van der Waals surface area contributed by atoms with Crippen LogP contribution in [0.5, 0.6) is 0 Å². The van der Waals surface area contributed by atoms with Crippen LogP contribution < -0.4 is 5.32 Å². The summed E-state index contributed by atoms with van der Waals surface area (Å²) in [5.74, 6) is 0.340. The van der Waals surface area contributed by atoms with Crippen LogP contribution in [0.3, 0.4) is 0 Å². The predicted octanol–water partition coefficient (Wildman–Crippen LogP) is 1.17. The van der Waals surface area contributed by atoms with E-state index in [1.807, 2.05) is 0 Å². The minimum atomic E-state index is -0.156. The van der Waals surface area contributed by atoms with Crippen molar-refractivity contribution in [3.63, 3.8) is 0 Å². The molecule has 1 N–H and O–H groups in total. The third-order valence-electron chi connectivity index (χ3n) is 4.14. The fourth-order valence-corrected chi connectivity index (χ4v) is 2.97. The van der Waals surface area contributed by atoms with Gasteiger partial charge in [-0.15, -0.1) is 0 Å². The van der Waals surface area contributed by atoms with Gasteiger partial charge in [0.1, 0.15) is 0 Å². The molecule has 1 fully saturated rings. The van der Waals surface area contributed by atoms with E-state index in [1.54, 1.807) is 0 Å². The van der Waals surface area contributed by atoms with Crippen molar-refractivity contribution in [3.05, 3.63) is 0 Å². The normalized spacial score (nSPS) is 25.4. The summed E-state index contributed by atoms with van der Waals surface area (Å²) >= 11 is 0. The number of likely N-dealkylation sites (N-methyl/N-ethyl adjacent to an activating group) is 2. The summed E-state index contributed by atoms with van der Waals surface area (Å²) in [4.78, 5) is 17.0. The van der Waals surface area contributed by atoms with Crippen LogP contribution in [0.25, 0.3) is 0 Å². The Hall–Kier alpha value is -0.610. The quantitative estimate of drug-likeness (QED) is 0.774. The third-order valence-corrected chi connectivity index (χ3v) is 4.14. The number of amides is 1. The van der Waals surface area contributed by atoms with E-state index in [9.17, 15) is 4.79 Å². The molecule has 18 heavy (non-hydrogen) atoms. The van der Waals surface area contributed by atoms with Gasteiger partial charge >= 0.3 is 0 Å². The van der Waals surface area contributed by atoms with E-state index in [1.165, 1.54) is 0 Å². The molecule has 0 radical (unpaired) electrons. The van der Waals surface area contributed by atoms with Crippen LogP contribution in [-0.2, 0) is 4.79 Å². The van der Waals surface area contributed by atoms with Gasteiger partial charge in [0.25, 0.3) is 0 Å². The zero-order valence-corrected chi connectivity index (χ0v) is 12.6. The second kappa shape index (κ2) is 6.53. The molecule has 0 aromatic heterocycles. The van der Waals surface area contributed by atoms with Crippen LogP contribution in [0.4, 0.5) is 0 Å². The van der Waals surface area contributed by atoms with Crippen LogP contribution in [0.2, 0.25) is 0 Å². The molecule has 2 unspecified atom stereocenters. The molecule has 0 spiro atoms. The van der Waals surface area contributed by atoms with Crippen LogP contribution in [-0.4, -0.2) is 62.0 Å². The van der Waals surface area contributed by atoms with E-state index in [2.05, 4.69) is 50.0 Å². The number of hydrogen-bond acceptors (Lipinski definition) is 3. The second-order valence-electron chi connectivity index (χ2n) is 5.76. The standard InChI is InChI=1S/C14H29N3O/c1-6-14(8-9-15-11-14)13(18)17(7-2)12(3)10-16(4)5/h12,15H,6-11H2,1-5H3. The van der Waals surface area contributed by atoms with E-state index < -0.39 is 0 Å². The highest BCUT2D eigenvalue weighted by molar-refractivity contribution is 5.83. The smallest absolute Gasteiger partial charge is 0.230 e. The molecule has 1 saturated heterocycles. The predicted molar refractivity (Wildman–Crippen MR) is 75.6 cm³/mol. The summed E-state index contributed by atoms with van der Waals surface area (Å²) in [6.45, 7) is 9.90. The molecular formula is C14H29N3O. The molecule has 0 aliphatic carbocycles. The molecule has 1 heterocycles. The van der Waals surface area contributed by atoms with E-state index in [4.69, 9.17) is 0 Å². The largest absolute Gasteiger partial charge is 0.338 e. The fourth-order valence-electron chi connectivity index (χ4n) is 2.97. The fraction of sp³-hybridized carbons (Fsp3) is 0.929. The Morgan fingerprint density at radius 2 is 2.06 bits per heavy atom. The van der Waals surface area contributed by atoms with Crippen LogP contribution in [0.15, 0.2) is 0 Å². The first-order valence-corrected chi connectivity index (χ1v) is 7.13. The van der Waals surface area contributed by atoms with Gasteiger partial charge in [-0.2, -0.15) is 0 Å². The molecule has 2 atom stereocenters. The Kier molecular flexibility index (Phi) is 5.60. The minimum absolute atomic E-state index is 0.156. The SMILES string of the molecule is CCN(C(=O)C1(CC)CCNC1)C(C)CN(C)C. The number of nitrogens with zero attached hydrogens (tertiary/aromatic N) is 2. The van der Waals surface area contributed by atoms with Crippen molar-refractivity contribution in [2.24, 2.45) is 5.41 Å². The highest BCUT2D eigenvalue weighted by atomic mass is 16.2. The van der Waals surface area contributed by atoms with Gasteiger partial charge in [-0.05, 0) is 47.3 Å². The molecule has 1 aliphatic heterocycles. The van der Waals surface area contributed by atoms with Gasteiger partial charge in [-0.25, -0.2) is 0 Å². The Bertz CT molecular complexity index is 272. The first-order chi connectivity index (χ1) is 8.46. The maximum atomic E-state index is 12.8.